The number of hydrogen-bond donors (Lipinski definition) is 1. The molecule has 0 aliphatic heterocycles. The maximum absolute atomic E-state index is 13.3. The molecule has 1 aromatic heterocycles. The number of nitro groups is 1. The van der Waals surface area contributed by atoms with Crippen molar-refractivity contribution in [3.63, 3.8) is 0 Å². The van der Waals surface area contributed by atoms with Gasteiger partial charge in [0.1, 0.15) is 16.6 Å². The van der Waals surface area contributed by atoms with E-state index >= 15 is 0 Å². The van der Waals surface area contributed by atoms with E-state index in [0.29, 0.717) is 0 Å². The first-order valence-corrected chi connectivity index (χ1v) is 5.94. The molecule has 8 heteroatoms. The van der Waals surface area contributed by atoms with Gasteiger partial charge >= 0.3 is 5.88 Å². The molecule has 1 heterocycles. The van der Waals surface area contributed by atoms with Crippen LogP contribution >= 0.6 is 0 Å². The van der Waals surface area contributed by atoms with E-state index in [0.717, 1.165) is 24.3 Å². The van der Waals surface area contributed by atoms with E-state index in [1.807, 2.05) is 0 Å². The van der Waals surface area contributed by atoms with Gasteiger partial charge in [-0.2, -0.15) is 0 Å². The summed E-state index contributed by atoms with van der Waals surface area (Å²) in [7, 11) is 0. The third-order valence-electron chi connectivity index (χ3n) is 2.72. The fourth-order valence-electron chi connectivity index (χ4n) is 1.71. The van der Waals surface area contributed by atoms with Crippen molar-refractivity contribution in [2.45, 2.75) is 6.42 Å². The summed E-state index contributed by atoms with van der Waals surface area (Å²) in [5, 5.41) is 12.8. The van der Waals surface area contributed by atoms with Gasteiger partial charge in [-0.3, -0.25) is 14.9 Å². The van der Waals surface area contributed by atoms with Crippen LogP contribution in [-0.2, 0) is 6.42 Å². The number of halogens is 2. The SMILES string of the molecule is O=C(NCCc1c(F)cccc1F)c1ccc([N+](=O)[O-])o1. The highest BCUT2D eigenvalue weighted by Gasteiger charge is 2.17. The summed E-state index contributed by atoms with van der Waals surface area (Å²) in [6.45, 7) is -0.0365. The third-order valence-corrected chi connectivity index (χ3v) is 2.72. The Kier molecular flexibility index (Phi) is 4.27. The first kappa shape index (κ1) is 14.6. The normalized spacial score (nSPS) is 10.4. The topological polar surface area (TPSA) is 85.4 Å². The van der Waals surface area contributed by atoms with Crippen molar-refractivity contribution in [3.8, 4) is 0 Å². The van der Waals surface area contributed by atoms with Gasteiger partial charge in [-0.15, -0.1) is 0 Å². The van der Waals surface area contributed by atoms with Crippen molar-refractivity contribution in [3.05, 3.63) is 63.4 Å². The summed E-state index contributed by atoms with van der Waals surface area (Å²) in [6.07, 6.45) is -0.0486. The van der Waals surface area contributed by atoms with Crippen molar-refractivity contribution < 1.29 is 22.9 Å². The van der Waals surface area contributed by atoms with Gasteiger partial charge in [0.15, 0.2) is 5.76 Å². The van der Waals surface area contributed by atoms with Crippen molar-refractivity contribution in [1.29, 1.82) is 0 Å². The third kappa shape index (κ3) is 3.41. The van der Waals surface area contributed by atoms with E-state index < -0.39 is 28.3 Å². The standard InChI is InChI=1S/C13H10F2N2O4/c14-9-2-1-3-10(15)8(9)6-7-16-13(18)11-4-5-12(21-11)17(19)20/h1-5H,6-7H2,(H,16,18). The molecule has 1 aromatic carbocycles. The van der Waals surface area contributed by atoms with Crippen LogP contribution in [0.4, 0.5) is 14.7 Å². The van der Waals surface area contributed by atoms with E-state index in [4.69, 9.17) is 4.42 Å². The van der Waals surface area contributed by atoms with E-state index in [9.17, 15) is 23.7 Å². The second-order valence-corrected chi connectivity index (χ2v) is 4.10. The molecule has 0 spiro atoms. The lowest BCUT2D eigenvalue weighted by Crippen LogP contribution is -2.25. The zero-order chi connectivity index (χ0) is 15.4. The molecule has 6 nitrogen and oxygen atoms in total. The van der Waals surface area contributed by atoms with Crippen LogP contribution in [0.3, 0.4) is 0 Å². The summed E-state index contributed by atoms with van der Waals surface area (Å²) in [4.78, 5) is 21.3. The number of carbonyl (C=O) groups is 1. The summed E-state index contributed by atoms with van der Waals surface area (Å²) in [5.74, 6) is -2.88. The molecular weight excluding hydrogens is 286 g/mol. The van der Waals surface area contributed by atoms with Gasteiger partial charge in [-0.1, -0.05) is 6.07 Å². The fourth-order valence-corrected chi connectivity index (χ4v) is 1.71. The van der Waals surface area contributed by atoms with Gasteiger partial charge in [0, 0.05) is 12.1 Å². The van der Waals surface area contributed by atoms with Gasteiger partial charge < -0.3 is 9.73 Å². The average Bonchev–Trinajstić information content (AvgIpc) is 2.92. The Bertz CT molecular complexity index is 664. The Morgan fingerprint density at radius 1 is 1.24 bits per heavy atom. The summed E-state index contributed by atoms with van der Waals surface area (Å²) in [5.41, 5.74) is -0.136. The molecule has 0 saturated carbocycles. The lowest BCUT2D eigenvalue weighted by molar-refractivity contribution is -0.402. The number of amides is 1. The van der Waals surface area contributed by atoms with Gasteiger partial charge in [0.25, 0.3) is 5.91 Å². The highest BCUT2D eigenvalue weighted by atomic mass is 19.1. The largest absolute Gasteiger partial charge is 0.433 e. The van der Waals surface area contributed by atoms with E-state index in [1.54, 1.807) is 0 Å². The molecular formula is C13H10F2N2O4. The number of carbonyl (C=O) groups excluding carboxylic acids is 1. The smallest absolute Gasteiger partial charge is 0.395 e. The minimum atomic E-state index is -0.772. The second kappa shape index (κ2) is 6.12. The maximum Gasteiger partial charge on any atom is 0.433 e. The van der Waals surface area contributed by atoms with Crippen molar-refractivity contribution in [2.24, 2.45) is 0 Å². The zero-order valence-corrected chi connectivity index (χ0v) is 10.6. The highest BCUT2D eigenvalue weighted by Crippen LogP contribution is 2.15. The molecule has 0 aliphatic rings. The second-order valence-electron chi connectivity index (χ2n) is 4.10. The van der Waals surface area contributed by atoms with Crippen LogP contribution in [0.15, 0.2) is 34.7 Å². The maximum atomic E-state index is 13.3. The summed E-state index contributed by atoms with van der Waals surface area (Å²) < 4.78 is 31.4. The quantitative estimate of drug-likeness (QED) is 0.678. The summed E-state index contributed by atoms with van der Waals surface area (Å²) in [6, 6.07) is 5.68. The predicted octanol–water partition coefficient (Wildman–Crippen LogP) is 2.44. The molecule has 1 N–H and O–H groups in total. The van der Waals surface area contributed by atoms with Crippen LogP contribution in [0.2, 0.25) is 0 Å². The minimum absolute atomic E-state index is 0.0365. The molecule has 0 saturated heterocycles. The van der Waals surface area contributed by atoms with Crippen LogP contribution in [0.5, 0.6) is 0 Å². The van der Waals surface area contributed by atoms with Crippen molar-refractivity contribution >= 4 is 11.8 Å². The molecule has 2 aromatic rings. The fraction of sp³-hybridized carbons (Fsp3) is 0.154. The number of nitrogens with one attached hydrogen (secondary N) is 1. The lowest BCUT2D eigenvalue weighted by atomic mass is 10.1. The Labute approximate surface area is 117 Å². The number of hydrogen-bond acceptors (Lipinski definition) is 4. The first-order valence-electron chi connectivity index (χ1n) is 5.94. The number of nitrogens with zero attached hydrogens (tertiary/aromatic N) is 1. The number of furan rings is 1. The lowest BCUT2D eigenvalue weighted by Gasteiger charge is -2.05. The van der Waals surface area contributed by atoms with Gasteiger partial charge in [0.05, 0.1) is 6.07 Å². The van der Waals surface area contributed by atoms with Gasteiger partial charge in [0.2, 0.25) is 0 Å². The molecule has 2 rings (SSSR count). The van der Waals surface area contributed by atoms with Gasteiger partial charge in [-0.05, 0) is 24.6 Å². The van der Waals surface area contributed by atoms with Crippen molar-refractivity contribution in [2.75, 3.05) is 6.54 Å². The monoisotopic (exact) mass is 296 g/mol. The molecule has 110 valence electrons. The van der Waals surface area contributed by atoms with Gasteiger partial charge in [-0.25, -0.2) is 8.78 Å². The highest BCUT2D eigenvalue weighted by molar-refractivity contribution is 5.91. The van der Waals surface area contributed by atoms with E-state index in [2.05, 4.69) is 5.32 Å². The summed E-state index contributed by atoms with van der Waals surface area (Å²) >= 11 is 0. The predicted molar refractivity (Wildman–Crippen MR) is 67.8 cm³/mol. The van der Waals surface area contributed by atoms with E-state index in [-0.39, 0.29) is 24.3 Å². The molecule has 0 fully saturated rings. The molecule has 0 bridgehead atoms. The molecule has 0 unspecified atom stereocenters. The number of benzene rings is 1. The molecule has 0 radical (unpaired) electrons. The van der Waals surface area contributed by atoms with Crippen LogP contribution < -0.4 is 5.32 Å². The molecule has 1 amide bonds. The molecule has 0 atom stereocenters. The first-order chi connectivity index (χ1) is 9.99. The zero-order valence-electron chi connectivity index (χ0n) is 10.6. The van der Waals surface area contributed by atoms with E-state index in [1.165, 1.54) is 6.07 Å². The Hall–Kier alpha value is -2.77. The Balaban J connectivity index is 1.94. The Morgan fingerprint density at radius 3 is 2.48 bits per heavy atom. The molecule has 0 aliphatic carbocycles. The Morgan fingerprint density at radius 2 is 1.90 bits per heavy atom. The average molecular weight is 296 g/mol. The molecule has 21 heavy (non-hydrogen) atoms. The number of rotatable bonds is 5. The van der Waals surface area contributed by atoms with Crippen LogP contribution in [0.25, 0.3) is 0 Å². The van der Waals surface area contributed by atoms with Crippen molar-refractivity contribution in [1.82, 2.24) is 5.32 Å². The minimum Gasteiger partial charge on any atom is -0.395 e. The van der Waals surface area contributed by atoms with Crippen LogP contribution in [0.1, 0.15) is 16.1 Å². The van der Waals surface area contributed by atoms with Crippen LogP contribution in [-0.4, -0.2) is 17.4 Å². The van der Waals surface area contributed by atoms with Crippen LogP contribution in [0, 0.1) is 21.7 Å².